The molecule has 0 spiro atoms. The first kappa shape index (κ1) is 15.6. The largest absolute Gasteiger partial charge is 0.354 e. The molecule has 0 radical (unpaired) electrons. The van der Waals surface area contributed by atoms with Crippen molar-refractivity contribution in [2.45, 2.75) is 25.3 Å². The lowest BCUT2D eigenvalue weighted by molar-refractivity contribution is -0.122. The molecular formula is C20H19N3O2. The van der Waals surface area contributed by atoms with E-state index in [2.05, 4.69) is 15.6 Å². The molecule has 25 heavy (non-hydrogen) atoms. The molecule has 2 aromatic carbocycles. The van der Waals surface area contributed by atoms with Crippen LogP contribution in [0.25, 0.3) is 21.7 Å². The van der Waals surface area contributed by atoms with Crippen LogP contribution in [0.5, 0.6) is 0 Å². The normalized spacial score (nSPS) is 17.9. The smallest absolute Gasteiger partial charge is 0.254 e. The van der Waals surface area contributed by atoms with E-state index in [1.165, 1.54) is 0 Å². The monoisotopic (exact) mass is 333 g/mol. The standard InChI is InChI=1S/C20H19N3O2/c24-19(23-17-9-3-4-10-22-20(17)25)16-12-13-6-1-2-7-14(13)15-8-5-11-21-18(15)16/h1-2,5-8,11-12,17H,3-4,9-10H2,(H,22,25)(H,23,24)/t17-/m1/s1. The molecule has 1 aromatic heterocycles. The van der Waals surface area contributed by atoms with E-state index < -0.39 is 6.04 Å². The molecule has 0 saturated carbocycles. The molecule has 5 nitrogen and oxygen atoms in total. The Kier molecular flexibility index (Phi) is 4.06. The van der Waals surface area contributed by atoms with Gasteiger partial charge < -0.3 is 10.6 Å². The minimum Gasteiger partial charge on any atom is -0.354 e. The highest BCUT2D eigenvalue weighted by Gasteiger charge is 2.24. The second-order valence-electron chi connectivity index (χ2n) is 6.36. The number of amides is 2. The molecule has 4 rings (SSSR count). The molecule has 0 aliphatic carbocycles. The summed E-state index contributed by atoms with van der Waals surface area (Å²) in [6, 6.07) is 13.1. The number of carbonyl (C=O) groups excluding carboxylic acids is 2. The molecule has 1 aliphatic heterocycles. The quantitative estimate of drug-likeness (QED) is 0.709. The van der Waals surface area contributed by atoms with E-state index in [0.717, 1.165) is 29.0 Å². The number of benzene rings is 2. The summed E-state index contributed by atoms with van der Waals surface area (Å²) in [5.74, 6) is -0.361. The Morgan fingerprint density at radius 1 is 1.12 bits per heavy atom. The molecule has 2 amide bonds. The van der Waals surface area contributed by atoms with Crippen molar-refractivity contribution in [3.8, 4) is 0 Å². The Morgan fingerprint density at radius 3 is 2.88 bits per heavy atom. The van der Waals surface area contributed by atoms with Crippen molar-refractivity contribution in [2.75, 3.05) is 6.54 Å². The van der Waals surface area contributed by atoms with Crippen LogP contribution in [0.2, 0.25) is 0 Å². The lowest BCUT2D eigenvalue weighted by Crippen LogP contribution is -2.45. The second kappa shape index (κ2) is 6.51. The highest BCUT2D eigenvalue weighted by molar-refractivity contribution is 6.16. The van der Waals surface area contributed by atoms with Crippen LogP contribution in [0.15, 0.2) is 48.7 Å². The SMILES string of the molecule is O=C(N[C@@H]1CCCCNC1=O)c1cc2ccccc2c2cccnc12. The maximum Gasteiger partial charge on any atom is 0.254 e. The van der Waals surface area contributed by atoms with Crippen molar-refractivity contribution in [1.82, 2.24) is 15.6 Å². The van der Waals surface area contributed by atoms with Gasteiger partial charge in [0.25, 0.3) is 5.91 Å². The molecule has 1 atom stereocenters. The molecule has 2 N–H and O–H groups in total. The third kappa shape index (κ3) is 2.93. The molecular weight excluding hydrogens is 314 g/mol. The van der Waals surface area contributed by atoms with Gasteiger partial charge in [0.15, 0.2) is 0 Å². The summed E-state index contributed by atoms with van der Waals surface area (Å²) in [7, 11) is 0. The van der Waals surface area contributed by atoms with Gasteiger partial charge in [0.05, 0.1) is 11.1 Å². The van der Waals surface area contributed by atoms with Crippen LogP contribution in [-0.4, -0.2) is 29.4 Å². The summed E-state index contributed by atoms with van der Waals surface area (Å²) in [6.07, 6.45) is 4.21. The molecule has 0 bridgehead atoms. The topological polar surface area (TPSA) is 71.1 Å². The number of pyridine rings is 1. The first-order chi connectivity index (χ1) is 12.2. The minimum absolute atomic E-state index is 0.107. The number of nitrogens with zero attached hydrogens (tertiary/aromatic N) is 1. The van der Waals surface area contributed by atoms with Crippen LogP contribution in [0.3, 0.4) is 0 Å². The predicted molar refractivity (Wildman–Crippen MR) is 97.4 cm³/mol. The molecule has 126 valence electrons. The Balaban J connectivity index is 1.76. The van der Waals surface area contributed by atoms with Crippen molar-refractivity contribution in [3.05, 3.63) is 54.2 Å². The zero-order valence-corrected chi connectivity index (χ0v) is 13.8. The fourth-order valence-electron chi connectivity index (χ4n) is 3.42. The third-order valence-corrected chi connectivity index (χ3v) is 4.70. The summed E-state index contributed by atoms with van der Waals surface area (Å²) in [4.78, 5) is 29.4. The van der Waals surface area contributed by atoms with Gasteiger partial charge in [0.2, 0.25) is 5.91 Å². The molecule has 1 aliphatic rings. The number of hydrogen-bond acceptors (Lipinski definition) is 3. The van der Waals surface area contributed by atoms with E-state index in [1.807, 2.05) is 42.5 Å². The van der Waals surface area contributed by atoms with Crippen LogP contribution in [-0.2, 0) is 4.79 Å². The van der Waals surface area contributed by atoms with Crippen molar-refractivity contribution in [2.24, 2.45) is 0 Å². The zero-order valence-electron chi connectivity index (χ0n) is 13.8. The fourth-order valence-corrected chi connectivity index (χ4v) is 3.42. The van der Waals surface area contributed by atoms with Gasteiger partial charge in [0, 0.05) is 18.1 Å². The van der Waals surface area contributed by atoms with Crippen LogP contribution in [0.4, 0.5) is 0 Å². The second-order valence-corrected chi connectivity index (χ2v) is 6.36. The maximum absolute atomic E-state index is 12.9. The average molecular weight is 333 g/mol. The van der Waals surface area contributed by atoms with E-state index in [0.29, 0.717) is 24.0 Å². The molecule has 1 saturated heterocycles. The van der Waals surface area contributed by atoms with Gasteiger partial charge in [-0.3, -0.25) is 14.6 Å². The van der Waals surface area contributed by atoms with E-state index in [-0.39, 0.29) is 11.8 Å². The van der Waals surface area contributed by atoms with Crippen molar-refractivity contribution < 1.29 is 9.59 Å². The van der Waals surface area contributed by atoms with Gasteiger partial charge in [0.1, 0.15) is 6.04 Å². The molecule has 5 heteroatoms. The van der Waals surface area contributed by atoms with Gasteiger partial charge in [-0.25, -0.2) is 0 Å². The van der Waals surface area contributed by atoms with Crippen LogP contribution >= 0.6 is 0 Å². The predicted octanol–water partition coefficient (Wildman–Crippen LogP) is 2.79. The van der Waals surface area contributed by atoms with Crippen molar-refractivity contribution in [1.29, 1.82) is 0 Å². The first-order valence-corrected chi connectivity index (χ1v) is 8.59. The third-order valence-electron chi connectivity index (χ3n) is 4.70. The van der Waals surface area contributed by atoms with Gasteiger partial charge >= 0.3 is 0 Å². The molecule has 0 unspecified atom stereocenters. The Bertz CT molecular complexity index is 967. The Hall–Kier alpha value is -2.95. The lowest BCUT2D eigenvalue weighted by Gasteiger charge is -2.16. The Labute approximate surface area is 145 Å². The van der Waals surface area contributed by atoms with E-state index >= 15 is 0 Å². The van der Waals surface area contributed by atoms with E-state index in [1.54, 1.807) is 6.20 Å². The summed E-state index contributed by atoms with van der Waals surface area (Å²) in [5, 5.41) is 8.73. The highest BCUT2D eigenvalue weighted by atomic mass is 16.2. The fraction of sp³-hybridized carbons (Fsp3) is 0.250. The van der Waals surface area contributed by atoms with Gasteiger partial charge in [-0.15, -0.1) is 0 Å². The Morgan fingerprint density at radius 2 is 1.96 bits per heavy atom. The summed E-state index contributed by atoms with van der Waals surface area (Å²) in [5.41, 5.74) is 1.17. The van der Waals surface area contributed by atoms with E-state index in [9.17, 15) is 9.59 Å². The van der Waals surface area contributed by atoms with Gasteiger partial charge in [-0.2, -0.15) is 0 Å². The summed E-state index contributed by atoms with van der Waals surface area (Å²) in [6.45, 7) is 0.672. The van der Waals surface area contributed by atoms with Gasteiger partial charge in [-0.1, -0.05) is 30.3 Å². The lowest BCUT2D eigenvalue weighted by atomic mass is 10.00. The number of hydrogen-bond donors (Lipinski definition) is 2. The maximum atomic E-state index is 12.9. The van der Waals surface area contributed by atoms with Crippen LogP contribution in [0, 0.1) is 0 Å². The molecule has 2 heterocycles. The van der Waals surface area contributed by atoms with Crippen LogP contribution < -0.4 is 10.6 Å². The average Bonchev–Trinajstić information content (AvgIpc) is 2.85. The summed E-state index contributed by atoms with van der Waals surface area (Å²) >= 11 is 0. The number of rotatable bonds is 2. The number of nitrogens with one attached hydrogen (secondary N) is 2. The minimum atomic E-state index is -0.486. The first-order valence-electron chi connectivity index (χ1n) is 8.59. The van der Waals surface area contributed by atoms with E-state index in [4.69, 9.17) is 0 Å². The highest BCUT2D eigenvalue weighted by Crippen LogP contribution is 2.27. The van der Waals surface area contributed by atoms with Crippen molar-refractivity contribution in [3.63, 3.8) is 0 Å². The number of carbonyl (C=O) groups is 2. The zero-order chi connectivity index (χ0) is 17.2. The number of aromatic nitrogens is 1. The molecule has 1 fully saturated rings. The summed E-state index contributed by atoms with van der Waals surface area (Å²) < 4.78 is 0. The number of fused-ring (bicyclic) bond motifs is 3. The van der Waals surface area contributed by atoms with Gasteiger partial charge in [-0.05, 0) is 42.2 Å². The van der Waals surface area contributed by atoms with Crippen molar-refractivity contribution >= 4 is 33.5 Å². The molecule has 3 aromatic rings. The van der Waals surface area contributed by atoms with Crippen LogP contribution in [0.1, 0.15) is 29.6 Å².